The topological polar surface area (TPSA) is 111 Å². The maximum atomic E-state index is 12.4. The molecular formula is C19H16ClN7O2. The average molecular weight is 410 g/mol. The molecule has 0 unspecified atom stereocenters. The van der Waals surface area contributed by atoms with Crippen molar-refractivity contribution in [3.05, 3.63) is 65.4 Å². The minimum absolute atomic E-state index is 0.184. The number of hydrogen-bond acceptors (Lipinski definition) is 6. The van der Waals surface area contributed by atoms with Crippen LogP contribution >= 0.6 is 11.6 Å². The zero-order chi connectivity index (χ0) is 20.2. The number of carbonyl (C=O) groups is 1. The second kappa shape index (κ2) is 8.11. The smallest absolute Gasteiger partial charge is 0.229 e. The number of halogens is 1. The van der Waals surface area contributed by atoms with E-state index in [4.69, 9.17) is 16.3 Å². The number of H-pyrrole nitrogens is 1. The summed E-state index contributed by atoms with van der Waals surface area (Å²) in [6, 6.07) is 14.4. The molecule has 2 heterocycles. The summed E-state index contributed by atoms with van der Waals surface area (Å²) in [6.07, 6.45) is 1.71. The Kier molecular flexibility index (Phi) is 5.21. The van der Waals surface area contributed by atoms with Crippen molar-refractivity contribution < 1.29 is 9.53 Å². The molecule has 0 aliphatic rings. The van der Waals surface area contributed by atoms with Gasteiger partial charge in [-0.05, 0) is 46.3 Å². The summed E-state index contributed by atoms with van der Waals surface area (Å²) in [5.74, 6) is 0.882. The highest BCUT2D eigenvalue weighted by Gasteiger charge is 2.12. The first-order valence-electron chi connectivity index (χ1n) is 8.64. The Balaban J connectivity index is 1.43. The van der Waals surface area contributed by atoms with Gasteiger partial charge in [0.2, 0.25) is 5.91 Å². The van der Waals surface area contributed by atoms with E-state index in [-0.39, 0.29) is 12.3 Å². The van der Waals surface area contributed by atoms with Crippen LogP contribution in [0.25, 0.3) is 16.9 Å². The molecule has 0 aliphatic heterocycles. The first-order valence-corrected chi connectivity index (χ1v) is 9.01. The maximum absolute atomic E-state index is 12.4. The SMILES string of the molecule is COc1ccc(Cl)cc1-c1cc(NC(=O)Cc2ccc(-n3cnnn3)cc2)n[nH]1. The van der Waals surface area contributed by atoms with Gasteiger partial charge < -0.3 is 10.1 Å². The fourth-order valence-electron chi connectivity index (χ4n) is 2.83. The van der Waals surface area contributed by atoms with Crippen molar-refractivity contribution in [2.24, 2.45) is 0 Å². The predicted octanol–water partition coefficient (Wildman–Crippen LogP) is 2.90. The molecule has 4 rings (SSSR count). The van der Waals surface area contributed by atoms with Gasteiger partial charge in [-0.25, -0.2) is 4.68 Å². The zero-order valence-corrected chi connectivity index (χ0v) is 16.1. The number of tetrazole rings is 1. The minimum Gasteiger partial charge on any atom is -0.496 e. The molecule has 146 valence electrons. The summed E-state index contributed by atoms with van der Waals surface area (Å²) >= 11 is 6.08. The van der Waals surface area contributed by atoms with Crippen molar-refractivity contribution in [2.45, 2.75) is 6.42 Å². The zero-order valence-electron chi connectivity index (χ0n) is 15.3. The van der Waals surface area contributed by atoms with Crippen LogP contribution in [0, 0.1) is 0 Å². The summed E-state index contributed by atoms with van der Waals surface area (Å²) in [6.45, 7) is 0. The van der Waals surface area contributed by atoms with Crippen LogP contribution in [0.4, 0.5) is 5.82 Å². The van der Waals surface area contributed by atoms with Crippen molar-refractivity contribution in [3.8, 4) is 22.7 Å². The number of carbonyl (C=O) groups excluding carboxylic acids is 1. The molecule has 0 saturated carbocycles. The van der Waals surface area contributed by atoms with E-state index in [1.807, 2.05) is 24.3 Å². The van der Waals surface area contributed by atoms with E-state index in [0.717, 1.165) is 16.8 Å². The Morgan fingerprint density at radius 2 is 2.03 bits per heavy atom. The monoisotopic (exact) mass is 409 g/mol. The van der Waals surface area contributed by atoms with Crippen LogP contribution in [0.1, 0.15) is 5.56 Å². The summed E-state index contributed by atoms with van der Waals surface area (Å²) in [7, 11) is 1.58. The Morgan fingerprint density at radius 1 is 1.21 bits per heavy atom. The summed E-state index contributed by atoms with van der Waals surface area (Å²) in [5.41, 5.74) is 3.11. The molecule has 0 spiro atoms. The van der Waals surface area contributed by atoms with Gasteiger partial charge in [-0.1, -0.05) is 23.7 Å². The highest BCUT2D eigenvalue weighted by Crippen LogP contribution is 2.32. The number of aromatic amines is 1. The molecule has 9 nitrogen and oxygen atoms in total. The number of benzene rings is 2. The highest BCUT2D eigenvalue weighted by molar-refractivity contribution is 6.31. The number of ether oxygens (including phenoxy) is 1. The predicted molar refractivity (Wildman–Crippen MR) is 107 cm³/mol. The molecule has 2 aromatic carbocycles. The summed E-state index contributed by atoms with van der Waals surface area (Å²) in [5, 5.41) is 21.4. The third-order valence-electron chi connectivity index (χ3n) is 4.21. The van der Waals surface area contributed by atoms with E-state index in [0.29, 0.717) is 22.3 Å². The molecule has 2 N–H and O–H groups in total. The van der Waals surface area contributed by atoms with Crippen molar-refractivity contribution in [1.29, 1.82) is 0 Å². The van der Waals surface area contributed by atoms with E-state index < -0.39 is 0 Å². The number of anilines is 1. The van der Waals surface area contributed by atoms with Gasteiger partial charge in [0, 0.05) is 16.7 Å². The van der Waals surface area contributed by atoms with Crippen LogP contribution in [-0.4, -0.2) is 43.4 Å². The fourth-order valence-corrected chi connectivity index (χ4v) is 3.01. The number of aromatic nitrogens is 6. The quantitative estimate of drug-likeness (QED) is 0.506. The van der Waals surface area contributed by atoms with Gasteiger partial charge in [0.25, 0.3) is 0 Å². The Morgan fingerprint density at radius 3 is 2.76 bits per heavy atom. The normalized spacial score (nSPS) is 10.7. The molecular weight excluding hydrogens is 394 g/mol. The van der Waals surface area contributed by atoms with Crippen LogP contribution < -0.4 is 10.1 Å². The number of rotatable bonds is 6. The molecule has 0 bridgehead atoms. The first-order chi connectivity index (χ1) is 14.1. The standard InChI is InChI=1S/C19H16ClN7O2/c1-29-17-7-4-13(20)9-15(17)16-10-18(24-23-16)22-19(28)8-12-2-5-14(6-3-12)27-11-21-25-26-27/h2-7,9-11H,8H2,1H3,(H2,22,23,24,28). The Bertz CT molecular complexity index is 1120. The van der Waals surface area contributed by atoms with E-state index in [2.05, 4.69) is 31.0 Å². The van der Waals surface area contributed by atoms with Crippen molar-refractivity contribution in [2.75, 3.05) is 12.4 Å². The van der Waals surface area contributed by atoms with E-state index in [9.17, 15) is 4.79 Å². The molecule has 1 amide bonds. The lowest BCUT2D eigenvalue weighted by Crippen LogP contribution is -2.14. The van der Waals surface area contributed by atoms with Crippen LogP contribution in [0.5, 0.6) is 5.75 Å². The van der Waals surface area contributed by atoms with Crippen LogP contribution in [-0.2, 0) is 11.2 Å². The number of hydrogen-bond donors (Lipinski definition) is 2. The van der Waals surface area contributed by atoms with E-state index >= 15 is 0 Å². The second-order valence-electron chi connectivity index (χ2n) is 6.16. The lowest BCUT2D eigenvalue weighted by Gasteiger charge is -2.06. The third kappa shape index (κ3) is 4.25. The van der Waals surface area contributed by atoms with Gasteiger partial charge in [0.15, 0.2) is 5.82 Å². The first kappa shape index (κ1) is 18.6. The van der Waals surface area contributed by atoms with Crippen LogP contribution in [0.3, 0.4) is 0 Å². The van der Waals surface area contributed by atoms with E-state index in [1.54, 1.807) is 36.1 Å². The minimum atomic E-state index is -0.184. The number of methoxy groups -OCH3 is 1. The van der Waals surface area contributed by atoms with E-state index in [1.165, 1.54) is 6.33 Å². The highest BCUT2D eigenvalue weighted by atomic mass is 35.5. The number of nitrogens with one attached hydrogen (secondary N) is 2. The van der Waals surface area contributed by atoms with Gasteiger partial charge in [0.05, 0.1) is 24.9 Å². The molecule has 0 aliphatic carbocycles. The van der Waals surface area contributed by atoms with Crippen molar-refractivity contribution >= 4 is 23.3 Å². The van der Waals surface area contributed by atoms with Gasteiger partial charge >= 0.3 is 0 Å². The lowest BCUT2D eigenvalue weighted by atomic mass is 10.1. The van der Waals surface area contributed by atoms with Gasteiger partial charge in [-0.3, -0.25) is 9.89 Å². The molecule has 4 aromatic rings. The lowest BCUT2D eigenvalue weighted by molar-refractivity contribution is -0.115. The Labute approximate surface area is 170 Å². The largest absolute Gasteiger partial charge is 0.496 e. The summed E-state index contributed by atoms with van der Waals surface area (Å²) in [4.78, 5) is 12.4. The number of amides is 1. The maximum Gasteiger partial charge on any atom is 0.229 e. The van der Waals surface area contributed by atoms with Crippen LogP contribution in [0.2, 0.25) is 5.02 Å². The molecule has 0 saturated heterocycles. The average Bonchev–Trinajstić information content (AvgIpc) is 3.41. The molecule has 10 heteroatoms. The van der Waals surface area contributed by atoms with Gasteiger partial charge in [0.1, 0.15) is 12.1 Å². The second-order valence-corrected chi connectivity index (χ2v) is 6.59. The molecule has 2 aromatic heterocycles. The fraction of sp³-hybridized carbons (Fsp3) is 0.105. The molecule has 0 atom stereocenters. The molecule has 29 heavy (non-hydrogen) atoms. The van der Waals surface area contributed by atoms with Gasteiger partial charge in [-0.2, -0.15) is 5.10 Å². The number of nitrogens with zero attached hydrogens (tertiary/aromatic N) is 5. The molecule has 0 fully saturated rings. The van der Waals surface area contributed by atoms with Crippen LogP contribution in [0.15, 0.2) is 54.9 Å². The molecule has 0 radical (unpaired) electrons. The van der Waals surface area contributed by atoms with Crippen molar-refractivity contribution in [3.63, 3.8) is 0 Å². The Hall–Kier alpha value is -3.72. The van der Waals surface area contributed by atoms with Gasteiger partial charge in [-0.15, -0.1) is 5.10 Å². The van der Waals surface area contributed by atoms with Crippen molar-refractivity contribution in [1.82, 2.24) is 30.4 Å². The third-order valence-corrected chi connectivity index (χ3v) is 4.45. The summed E-state index contributed by atoms with van der Waals surface area (Å²) < 4.78 is 6.89.